The monoisotopic (exact) mass is 353 g/mol. The number of nitrogens with one attached hydrogen (secondary N) is 1. The van der Waals surface area contributed by atoms with Gasteiger partial charge in [0.15, 0.2) is 0 Å². The average Bonchev–Trinajstić information content (AvgIpc) is 3.31. The Hall–Kier alpha value is -2.67. The number of nitrogens with zero attached hydrogens (tertiary/aromatic N) is 4. The number of fused-ring (bicyclic) bond motifs is 1. The summed E-state index contributed by atoms with van der Waals surface area (Å²) in [6.07, 6.45) is 6.27. The Bertz CT molecular complexity index is 915. The molecular weight excluding hydrogens is 330 g/mol. The maximum absolute atomic E-state index is 5.52. The topological polar surface area (TPSA) is 74.1 Å². The average molecular weight is 353 g/mol. The zero-order chi connectivity index (χ0) is 18.1. The quantitative estimate of drug-likeness (QED) is 0.759. The largest absolute Gasteiger partial charge is 0.494 e. The second kappa shape index (κ2) is 6.92. The second-order valence-electron chi connectivity index (χ2n) is 6.75. The van der Waals surface area contributed by atoms with Gasteiger partial charge in [-0.05, 0) is 32.4 Å². The van der Waals surface area contributed by atoms with E-state index >= 15 is 0 Å². The first-order valence-electron chi connectivity index (χ1n) is 8.88. The molecule has 0 saturated carbocycles. The molecule has 1 aliphatic rings. The van der Waals surface area contributed by atoms with Gasteiger partial charge >= 0.3 is 0 Å². The number of anilines is 1. The van der Waals surface area contributed by atoms with Crippen molar-refractivity contribution in [2.75, 3.05) is 25.6 Å². The maximum atomic E-state index is 5.52. The summed E-state index contributed by atoms with van der Waals surface area (Å²) in [5.41, 5.74) is 4.64. The molecule has 0 unspecified atom stereocenters. The predicted octanol–water partition coefficient (Wildman–Crippen LogP) is 3.28. The highest BCUT2D eigenvalue weighted by atomic mass is 16.5. The number of methoxy groups -OCH3 is 1. The Morgan fingerprint density at radius 2 is 2.23 bits per heavy atom. The van der Waals surface area contributed by atoms with E-state index in [9.17, 15) is 0 Å². The molecule has 4 heterocycles. The summed E-state index contributed by atoms with van der Waals surface area (Å²) in [5.74, 6) is 0.700. The molecule has 4 rings (SSSR count). The molecule has 1 saturated heterocycles. The van der Waals surface area contributed by atoms with E-state index in [1.54, 1.807) is 19.5 Å². The van der Waals surface area contributed by atoms with Gasteiger partial charge in [-0.15, -0.1) is 0 Å². The molecule has 3 aromatic heterocycles. The van der Waals surface area contributed by atoms with E-state index in [0.29, 0.717) is 18.4 Å². The van der Waals surface area contributed by atoms with Crippen molar-refractivity contribution in [2.24, 2.45) is 0 Å². The van der Waals surface area contributed by atoms with Gasteiger partial charge in [0.25, 0.3) is 0 Å². The Labute approximate surface area is 152 Å². The molecule has 7 heteroatoms. The summed E-state index contributed by atoms with van der Waals surface area (Å²) in [6.45, 7) is 5.75. The van der Waals surface area contributed by atoms with E-state index in [0.717, 1.165) is 41.0 Å². The highest BCUT2D eigenvalue weighted by molar-refractivity contribution is 5.91. The van der Waals surface area contributed by atoms with E-state index in [1.807, 2.05) is 16.9 Å². The van der Waals surface area contributed by atoms with Gasteiger partial charge < -0.3 is 14.8 Å². The van der Waals surface area contributed by atoms with Crippen LogP contribution in [-0.4, -0.2) is 46.1 Å². The lowest BCUT2D eigenvalue weighted by Crippen LogP contribution is -2.20. The van der Waals surface area contributed by atoms with Crippen LogP contribution in [0.3, 0.4) is 0 Å². The Kier molecular flexibility index (Phi) is 4.46. The molecular formula is C19H23N5O2. The van der Waals surface area contributed by atoms with E-state index < -0.39 is 0 Å². The fourth-order valence-corrected chi connectivity index (χ4v) is 3.33. The van der Waals surface area contributed by atoms with Crippen LogP contribution in [0.5, 0.6) is 5.75 Å². The second-order valence-corrected chi connectivity index (χ2v) is 6.75. The van der Waals surface area contributed by atoms with Crippen molar-refractivity contribution < 1.29 is 9.47 Å². The van der Waals surface area contributed by atoms with E-state index in [1.165, 1.54) is 0 Å². The van der Waals surface area contributed by atoms with Crippen LogP contribution in [0.1, 0.15) is 26.3 Å². The summed E-state index contributed by atoms with van der Waals surface area (Å²) in [6, 6.07) is 4.53. The molecule has 0 amide bonds. The van der Waals surface area contributed by atoms with Crippen molar-refractivity contribution >= 4 is 16.7 Å². The van der Waals surface area contributed by atoms with Crippen molar-refractivity contribution in [3.63, 3.8) is 0 Å². The third-order valence-corrected chi connectivity index (χ3v) is 4.61. The summed E-state index contributed by atoms with van der Waals surface area (Å²) in [5, 5.41) is 8.18. The first kappa shape index (κ1) is 16.8. The zero-order valence-electron chi connectivity index (χ0n) is 15.3. The molecule has 1 aliphatic heterocycles. The maximum Gasteiger partial charge on any atom is 0.146 e. The molecule has 26 heavy (non-hydrogen) atoms. The number of hydrogen-bond acceptors (Lipinski definition) is 6. The van der Waals surface area contributed by atoms with Crippen LogP contribution in [0.15, 0.2) is 30.7 Å². The van der Waals surface area contributed by atoms with E-state index in [2.05, 4.69) is 35.3 Å². The van der Waals surface area contributed by atoms with Crippen molar-refractivity contribution in [3.8, 4) is 17.0 Å². The van der Waals surface area contributed by atoms with Gasteiger partial charge in [-0.3, -0.25) is 9.67 Å². The lowest BCUT2D eigenvalue weighted by atomic mass is 10.1. The summed E-state index contributed by atoms with van der Waals surface area (Å²) >= 11 is 0. The highest BCUT2D eigenvalue weighted by Crippen LogP contribution is 2.34. The minimum Gasteiger partial charge on any atom is -0.494 e. The fraction of sp³-hybridized carbons (Fsp3) is 0.421. The molecule has 136 valence electrons. The molecule has 0 aromatic carbocycles. The SMILES string of the molecule is COc1cnccc1-c1cc(N[C@@H]2CCOC2)c2c(cnn2C(C)C)n1. The molecule has 0 spiro atoms. The third-order valence-electron chi connectivity index (χ3n) is 4.61. The van der Waals surface area contributed by atoms with Crippen LogP contribution in [0.2, 0.25) is 0 Å². The van der Waals surface area contributed by atoms with Crippen LogP contribution in [0, 0.1) is 0 Å². The van der Waals surface area contributed by atoms with Gasteiger partial charge in [-0.25, -0.2) is 4.98 Å². The molecule has 0 aliphatic carbocycles. The van der Waals surface area contributed by atoms with Crippen LogP contribution >= 0.6 is 0 Å². The van der Waals surface area contributed by atoms with E-state index in [-0.39, 0.29) is 6.04 Å². The Balaban J connectivity index is 1.87. The minimum atomic E-state index is 0.246. The van der Waals surface area contributed by atoms with Gasteiger partial charge in [-0.1, -0.05) is 0 Å². The Morgan fingerprint density at radius 1 is 1.35 bits per heavy atom. The van der Waals surface area contributed by atoms with Crippen LogP contribution in [0.4, 0.5) is 5.69 Å². The normalized spacial score (nSPS) is 17.2. The Morgan fingerprint density at radius 3 is 2.96 bits per heavy atom. The predicted molar refractivity (Wildman–Crippen MR) is 101 cm³/mol. The number of pyridine rings is 2. The minimum absolute atomic E-state index is 0.246. The highest BCUT2D eigenvalue weighted by Gasteiger charge is 2.21. The van der Waals surface area contributed by atoms with Crippen LogP contribution < -0.4 is 10.1 Å². The van der Waals surface area contributed by atoms with Gasteiger partial charge in [0.05, 0.1) is 43.5 Å². The van der Waals surface area contributed by atoms with Crippen molar-refractivity contribution in [1.82, 2.24) is 19.7 Å². The van der Waals surface area contributed by atoms with Crippen molar-refractivity contribution in [3.05, 3.63) is 30.7 Å². The summed E-state index contributed by atoms with van der Waals surface area (Å²) < 4.78 is 13.0. The van der Waals surface area contributed by atoms with Crippen LogP contribution in [-0.2, 0) is 4.74 Å². The molecule has 0 radical (unpaired) electrons. The van der Waals surface area contributed by atoms with Gasteiger partial charge in [-0.2, -0.15) is 5.10 Å². The standard InChI is InChI=1S/C19H23N5O2/c1-12(2)24-19-16(22-13-5-7-26-11-13)8-15(23-17(19)9-21-24)14-4-6-20-10-18(14)25-3/h4,6,8-10,12-13H,5,7,11H2,1-3H3,(H,22,23)/t13-/m1/s1. The number of aromatic nitrogens is 4. The zero-order valence-corrected chi connectivity index (χ0v) is 15.3. The molecule has 1 fully saturated rings. The van der Waals surface area contributed by atoms with Crippen molar-refractivity contribution in [1.29, 1.82) is 0 Å². The lowest BCUT2D eigenvalue weighted by Gasteiger charge is -2.17. The molecule has 7 nitrogen and oxygen atoms in total. The molecule has 1 atom stereocenters. The van der Waals surface area contributed by atoms with Crippen LogP contribution in [0.25, 0.3) is 22.3 Å². The van der Waals surface area contributed by atoms with Gasteiger partial charge in [0.2, 0.25) is 0 Å². The summed E-state index contributed by atoms with van der Waals surface area (Å²) in [7, 11) is 1.64. The third kappa shape index (κ3) is 2.99. The van der Waals surface area contributed by atoms with Crippen molar-refractivity contribution in [2.45, 2.75) is 32.4 Å². The fourth-order valence-electron chi connectivity index (χ4n) is 3.33. The number of rotatable bonds is 5. The first-order valence-corrected chi connectivity index (χ1v) is 8.88. The molecule has 0 bridgehead atoms. The molecule has 1 N–H and O–H groups in total. The van der Waals surface area contributed by atoms with Gasteiger partial charge in [0.1, 0.15) is 16.8 Å². The lowest BCUT2D eigenvalue weighted by molar-refractivity contribution is 0.195. The van der Waals surface area contributed by atoms with E-state index in [4.69, 9.17) is 14.5 Å². The smallest absolute Gasteiger partial charge is 0.146 e. The summed E-state index contributed by atoms with van der Waals surface area (Å²) in [4.78, 5) is 8.97. The van der Waals surface area contributed by atoms with Gasteiger partial charge in [0, 0.05) is 24.4 Å². The first-order chi connectivity index (χ1) is 12.7. The number of hydrogen-bond donors (Lipinski definition) is 1. The molecule has 3 aromatic rings. The number of ether oxygens (including phenoxy) is 2.